The van der Waals surface area contributed by atoms with Gasteiger partial charge >= 0.3 is 0 Å². The number of hydrogen-bond donors (Lipinski definition) is 1. The van der Waals surface area contributed by atoms with Gasteiger partial charge in [0.05, 0.1) is 6.26 Å². The van der Waals surface area contributed by atoms with Crippen molar-refractivity contribution >= 4 is 5.96 Å². The van der Waals surface area contributed by atoms with Crippen LogP contribution in [-0.2, 0) is 6.42 Å². The van der Waals surface area contributed by atoms with E-state index in [-0.39, 0.29) is 0 Å². The topological polar surface area (TPSA) is 44.0 Å². The average molecular weight is 347 g/mol. The van der Waals surface area contributed by atoms with Crippen LogP contribution >= 0.6 is 0 Å². The molecule has 5 heteroatoms. The molecule has 1 N–H and O–H groups in total. The molecule has 2 aliphatic rings. The summed E-state index contributed by atoms with van der Waals surface area (Å²) < 4.78 is 5.42. The number of guanidine groups is 1. The molecule has 5 nitrogen and oxygen atoms in total. The molecule has 2 aliphatic heterocycles. The number of nitrogens with zero attached hydrogens (tertiary/aromatic N) is 3. The van der Waals surface area contributed by atoms with Crippen LogP contribution in [0.15, 0.2) is 27.8 Å². The summed E-state index contributed by atoms with van der Waals surface area (Å²) in [5.41, 5.74) is 0. The Morgan fingerprint density at radius 1 is 1.28 bits per heavy atom. The number of hydrogen-bond acceptors (Lipinski definition) is 3. The number of rotatable bonds is 7. The molecule has 0 bridgehead atoms. The maximum atomic E-state index is 5.42. The Kier molecular flexibility index (Phi) is 7.22. The van der Waals surface area contributed by atoms with Crippen LogP contribution in [0.1, 0.15) is 44.8 Å². The van der Waals surface area contributed by atoms with Crippen molar-refractivity contribution in [1.82, 2.24) is 15.1 Å². The largest absolute Gasteiger partial charge is 0.469 e. The van der Waals surface area contributed by atoms with Crippen molar-refractivity contribution < 1.29 is 4.42 Å². The lowest BCUT2D eigenvalue weighted by Gasteiger charge is -2.29. The van der Waals surface area contributed by atoms with Gasteiger partial charge in [-0.3, -0.25) is 4.99 Å². The predicted octanol–water partition coefficient (Wildman–Crippen LogP) is 2.99. The van der Waals surface area contributed by atoms with E-state index in [0.29, 0.717) is 0 Å². The van der Waals surface area contributed by atoms with E-state index in [4.69, 9.17) is 9.41 Å². The molecule has 2 fully saturated rings. The molecule has 1 aromatic heterocycles. The Bertz CT molecular complexity index is 508. The van der Waals surface area contributed by atoms with Gasteiger partial charge in [0, 0.05) is 39.1 Å². The Morgan fingerprint density at radius 2 is 2.16 bits per heavy atom. The summed E-state index contributed by atoms with van der Waals surface area (Å²) in [4.78, 5) is 9.95. The zero-order valence-corrected chi connectivity index (χ0v) is 15.8. The van der Waals surface area contributed by atoms with Crippen molar-refractivity contribution in [3.8, 4) is 0 Å². The number of piperidine rings is 1. The van der Waals surface area contributed by atoms with E-state index in [2.05, 4.69) is 22.0 Å². The molecule has 0 amide bonds. The third-order valence-electron chi connectivity index (χ3n) is 5.27. The Hall–Kier alpha value is -1.49. The molecular weight excluding hydrogens is 312 g/mol. The highest BCUT2D eigenvalue weighted by molar-refractivity contribution is 5.80. The monoisotopic (exact) mass is 346 g/mol. The van der Waals surface area contributed by atoms with Gasteiger partial charge in [0.25, 0.3) is 0 Å². The first-order valence-corrected chi connectivity index (χ1v) is 10.1. The van der Waals surface area contributed by atoms with Crippen LogP contribution in [0.3, 0.4) is 0 Å². The van der Waals surface area contributed by atoms with Gasteiger partial charge in [-0.2, -0.15) is 0 Å². The summed E-state index contributed by atoms with van der Waals surface area (Å²) in [5.74, 6) is 2.91. The minimum atomic E-state index is 0.789. The van der Waals surface area contributed by atoms with E-state index in [9.17, 15) is 0 Å². The van der Waals surface area contributed by atoms with Crippen molar-refractivity contribution in [3.05, 3.63) is 24.2 Å². The number of furan rings is 1. The van der Waals surface area contributed by atoms with Crippen LogP contribution in [0.2, 0.25) is 0 Å². The quantitative estimate of drug-likeness (QED) is 0.609. The van der Waals surface area contributed by atoms with Crippen molar-refractivity contribution in [1.29, 1.82) is 0 Å². The first-order chi connectivity index (χ1) is 12.3. The van der Waals surface area contributed by atoms with E-state index >= 15 is 0 Å². The number of nitrogens with one attached hydrogen (secondary N) is 1. The Morgan fingerprint density at radius 3 is 2.92 bits per heavy atom. The molecule has 0 radical (unpaired) electrons. The van der Waals surface area contributed by atoms with Crippen LogP contribution in [0.5, 0.6) is 0 Å². The molecule has 0 spiro atoms. The lowest BCUT2D eigenvalue weighted by molar-refractivity contribution is 0.198. The molecule has 3 rings (SSSR count). The standard InChI is InChI=1S/C20H34N4O/c1-2-10-21-20(22-11-8-19-7-6-15-25-19)24-14-9-18(17-24)16-23-12-4-3-5-13-23/h6-7,15,18H,2-5,8-14,16-17H2,1H3,(H,21,22). The zero-order valence-electron chi connectivity index (χ0n) is 15.8. The van der Waals surface area contributed by atoms with Gasteiger partial charge in [-0.05, 0) is 56.8 Å². The average Bonchev–Trinajstić information content (AvgIpc) is 3.31. The van der Waals surface area contributed by atoms with Crippen LogP contribution in [0.25, 0.3) is 0 Å². The smallest absolute Gasteiger partial charge is 0.193 e. The fourth-order valence-electron chi connectivity index (χ4n) is 3.92. The SMILES string of the molecule is CCCN=C(NCCc1ccco1)N1CCC(CN2CCCCC2)C1. The maximum absolute atomic E-state index is 5.42. The van der Waals surface area contributed by atoms with Crippen LogP contribution < -0.4 is 5.32 Å². The highest BCUT2D eigenvalue weighted by atomic mass is 16.3. The minimum absolute atomic E-state index is 0.789. The van der Waals surface area contributed by atoms with Gasteiger partial charge in [0.15, 0.2) is 5.96 Å². The molecule has 1 aromatic rings. The first-order valence-electron chi connectivity index (χ1n) is 10.1. The van der Waals surface area contributed by atoms with Crippen molar-refractivity contribution in [2.45, 2.75) is 45.4 Å². The summed E-state index contributed by atoms with van der Waals surface area (Å²) in [6.45, 7) is 10.1. The number of aliphatic imine (C=N–C) groups is 1. The molecule has 0 aromatic carbocycles. The Balaban J connectivity index is 1.47. The summed E-state index contributed by atoms with van der Waals surface area (Å²) in [6, 6.07) is 3.99. The van der Waals surface area contributed by atoms with Crippen LogP contribution in [0.4, 0.5) is 0 Å². The zero-order chi connectivity index (χ0) is 17.3. The lowest BCUT2D eigenvalue weighted by Crippen LogP contribution is -2.42. The van der Waals surface area contributed by atoms with Gasteiger partial charge in [-0.15, -0.1) is 0 Å². The molecule has 2 saturated heterocycles. The second-order valence-electron chi connectivity index (χ2n) is 7.42. The van der Waals surface area contributed by atoms with E-state index < -0.39 is 0 Å². The fourth-order valence-corrected chi connectivity index (χ4v) is 3.92. The van der Waals surface area contributed by atoms with E-state index in [1.165, 1.54) is 45.3 Å². The van der Waals surface area contributed by atoms with Crippen LogP contribution in [-0.4, -0.2) is 61.6 Å². The first kappa shape index (κ1) is 18.3. The van der Waals surface area contributed by atoms with Crippen molar-refractivity contribution in [3.63, 3.8) is 0 Å². The van der Waals surface area contributed by atoms with Crippen LogP contribution in [0, 0.1) is 5.92 Å². The normalized spacial score (nSPS) is 22.5. The molecule has 3 heterocycles. The van der Waals surface area contributed by atoms with Gasteiger partial charge < -0.3 is 19.5 Å². The number of likely N-dealkylation sites (tertiary alicyclic amines) is 2. The molecule has 0 saturated carbocycles. The molecular formula is C20H34N4O. The van der Waals surface area contributed by atoms with Gasteiger partial charge in [0.1, 0.15) is 5.76 Å². The van der Waals surface area contributed by atoms with E-state index in [1.807, 2.05) is 12.1 Å². The Labute approximate surface area is 152 Å². The summed E-state index contributed by atoms with van der Waals surface area (Å²) >= 11 is 0. The fraction of sp³-hybridized carbons (Fsp3) is 0.750. The molecule has 25 heavy (non-hydrogen) atoms. The van der Waals surface area contributed by atoms with Crippen molar-refractivity contribution in [2.24, 2.45) is 10.9 Å². The van der Waals surface area contributed by atoms with E-state index in [0.717, 1.165) is 56.7 Å². The van der Waals surface area contributed by atoms with Gasteiger partial charge in [-0.1, -0.05) is 13.3 Å². The second kappa shape index (κ2) is 9.85. The lowest BCUT2D eigenvalue weighted by atomic mass is 10.1. The summed E-state index contributed by atoms with van der Waals surface area (Å²) in [5, 5.41) is 3.56. The van der Waals surface area contributed by atoms with E-state index in [1.54, 1.807) is 6.26 Å². The summed E-state index contributed by atoms with van der Waals surface area (Å²) in [6.07, 6.45) is 9.22. The molecule has 140 valence electrons. The molecule has 0 aliphatic carbocycles. The highest BCUT2D eigenvalue weighted by Gasteiger charge is 2.27. The predicted molar refractivity (Wildman–Crippen MR) is 103 cm³/mol. The summed E-state index contributed by atoms with van der Waals surface area (Å²) in [7, 11) is 0. The highest BCUT2D eigenvalue weighted by Crippen LogP contribution is 2.20. The minimum Gasteiger partial charge on any atom is -0.469 e. The van der Waals surface area contributed by atoms with Gasteiger partial charge in [-0.25, -0.2) is 0 Å². The van der Waals surface area contributed by atoms with Gasteiger partial charge in [0.2, 0.25) is 0 Å². The molecule has 1 unspecified atom stereocenters. The second-order valence-corrected chi connectivity index (χ2v) is 7.42. The third kappa shape index (κ3) is 5.77. The third-order valence-corrected chi connectivity index (χ3v) is 5.27. The molecule has 1 atom stereocenters. The maximum Gasteiger partial charge on any atom is 0.193 e. The van der Waals surface area contributed by atoms with Crippen molar-refractivity contribution in [2.75, 3.05) is 45.8 Å².